The van der Waals surface area contributed by atoms with Crippen molar-refractivity contribution in [2.24, 2.45) is 0 Å². The molecule has 0 aliphatic heterocycles. The van der Waals surface area contributed by atoms with E-state index < -0.39 is 19.9 Å². The van der Waals surface area contributed by atoms with Crippen molar-refractivity contribution in [1.29, 1.82) is 0 Å². The standard InChI is InChI=1S/C3H7O6P.Al.3H/c1-2(4)3(5)9-10(6,7)8;;;;/h2,4H,1H3,(H2,6,7,8);;;;. The zero-order valence-electron chi connectivity index (χ0n) is 5.09. The predicted octanol–water partition coefficient (Wildman–Crippen LogP) is -2.18. The van der Waals surface area contributed by atoms with Crippen LogP contribution >= 0.6 is 7.82 Å². The van der Waals surface area contributed by atoms with E-state index >= 15 is 0 Å². The van der Waals surface area contributed by atoms with Crippen LogP contribution in [0.15, 0.2) is 0 Å². The van der Waals surface area contributed by atoms with E-state index in [1.54, 1.807) is 0 Å². The van der Waals surface area contributed by atoms with Crippen molar-refractivity contribution in [3.8, 4) is 0 Å². The summed E-state index contributed by atoms with van der Waals surface area (Å²) in [4.78, 5) is 26.2. The summed E-state index contributed by atoms with van der Waals surface area (Å²) in [6.45, 7) is 1.04. The zero-order valence-corrected chi connectivity index (χ0v) is 5.99. The molecule has 0 aromatic carbocycles. The molecule has 66 valence electrons. The fourth-order valence-corrected chi connectivity index (χ4v) is 0.580. The summed E-state index contributed by atoms with van der Waals surface area (Å²) in [7, 11) is -4.79. The Morgan fingerprint density at radius 2 is 1.91 bits per heavy atom. The van der Waals surface area contributed by atoms with Gasteiger partial charge < -0.3 is 9.63 Å². The number of hydrogen-bond acceptors (Lipinski definition) is 4. The van der Waals surface area contributed by atoms with Crippen LogP contribution in [0.1, 0.15) is 6.92 Å². The zero-order chi connectivity index (χ0) is 8.36. The van der Waals surface area contributed by atoms with E-state index in [0.717, 1.165) is 6.92 Å². The second-order valence-corrected chi connectivity index (χ2v) is 2.74. The maximum Gasteiger partial charge on any atom is 0.527 e. The maximum absolute atomic E-state index is 10.2. The van der Waals surface area contributed by atoms with E-state index in [1.807, 2.05) is 0 Å². The van der Waals surface area contributed by atoms with Crippen LogP contribution in [0.5, 0.6) is 0 Å². The molecule has 0 aliphatic rings. The smallest absolute Gasteiger partial charge is 0.382 e. The molecule has 8 heteroatoms. The van der Waals surface area contributed by atoms with Gasteiger partial charge in [-0.2, -0.15) is 0 Å². The summed E-state index contributed by atoms with van der Waals surface area (Å²) < 4.78 is 13.4. The molecule has 0 radical (unpaired) electrons. The van der Waals surface area contributed by atoms with Crippen LogP contribution in [0.4, 0.5) is 0 Å². The second kappa shape index (κ2) is 4.88. The Labute approximate surface area is 73.6 Å². The SMILES string of the molecule is CC(O)C(=O)OP(=O)(O)O.[AlH3]. The Kier molecular flexibility index (Phi) is 6.08. The monoisotopic (exact) mass is 200 g/mol. The highest BCUT2D eigenvalue weighted by atomic mass is 31.2. The number of rotatable bonds is 2. The van der Waals surface area contributed by atoms with Crippen LogP contribution in [0.2, 0.25) is 0 Å². The molecular weight excluding hydrogens is 190 g/mol. The van der Waals surface area contributed by atoms with Crippen molar-refractivity contribution in [2.45, 2.75) is 13.0 Å². The Hall–Kier alpha value is 0.112. The number of hydrogen-bond donors (Lipinski definition) is 3. The molecule has 0 rings (SSSR count). The number of carbonyl (C=O) groups excluding carboxylic acids is 1. The number of phosphoric ester groups is 1. The van der Waals surface area contributed by atoms with Crippen molar-refractivity contribution in [3.05, 3.63) is 0 Å². The van der Waals surface area contributed by atoms with Crippen LogP contribution in [0.25, 0.3) is 0 Å². The van der Waals surface area contributed by atoms with Gasteiger partial charge in [-0.15, -0.1) is 0 Å². The number of carbonyl (C=O) groups is 1. The Morgan fingerprint density at radius 3 is 2.00 bits per heavy atom. The van der Waals surface area contributed by atoms with Crippen molar-refractivity contribution in [3.63, 3.8) is 0 Å². The Bertz CT molecular complexity index is 173. The van der Waals surface area contributed by atoms with Gasteiger partial charge in [0.05, 0.1) is 0 Å². The lowest BCUT2D eigenvalue weighted by Crippen LogP contribution is -2.17. The number of aliphatic hydroxyl groups is 1. The van der Waals surface area contributed by atoms with E-state index in [0.29, 0.717) is 0 Å². The minimum atomic E-state index is -4.79. The van der Waals surface area contributed by atoms with Crippen LogP contribution in [-0.2, 0) is 13.9 Å². The third-order valence-electron chi connectivity index (χ3n) is 0.550. The molecular formula is C3H10AlO6P. The summed E-state index contributed by atoms with van der Waals surface area (Å²) in [5.41, 5.74) is 0. The van der Waals surface area contributed by atoms with Crippen LogP contribution < -0.4 is 0 Å². The van der Waals surface area contributed by atoms with Crippen molar-refractivity contribution >= 4 is 31.2 Å². The van der Waals surface area contributed by atoms with E-state index in [9.17, 15) is 9.36 Å². The van der Waals surface area contributed by atoms with Gasteiger partial charge in [0.15, 0.2) is 17.4 Å². The van der Waals surface area contributed by atoms with Gasteiger partial charge >= 0.3 is 13.8 Å². The van der Waals surface area contributed by atoms with Crippen molar-refractivity contribution in [1.82, 2.24) is 0 Å². The summed E-state index contributed by atoms with van der Waals surface area (Å²) >= 11 is 0. The highest BCUT2D eigenvalue weighted by Crippen LogP contribution is 2.36. The maximum atomic E-state index is 10.2. The molecule has 0 amide bonds. The number of aliphatic hydroxyl groups excluding tert-OH is 1. The van der Waals surface area contributed by atoms with Crippen molar-refractivity contribution < 1.29 is 28.8 Å². The topological polar surface area (TPSA) is 104 Å². The average molecular weight is 200 g/mol. The molecule has 6 nitrogen and oxygen atoms in total. The largest absolute Gasteiger partial charge is 0.527 e. The first-order valence-electron chi connectivity index (χ1n) is 2.30. The molecule has 0 spiro atoms. The first kappa shape index (κ1) is 13.7. The van der Waals surface area contributed by atoms with Gasteiger partial charge in [-0.1, -0.05) is 0 Å². The van der Waals surface area contributed by atoms with Gasteiger partial charge in [0, 0.05) is 0 Å². The molecule has 1 atom stereocenters. The highest BCUT2D eigenvalue weighted by Gasteiger charge is 2.23. The van der Waals surface area contributed by atoms with Gasteiger partial charge in [-0.3, -0.25) is 9.79 Å². The minimum Gasteiger partial charge on any atom is -0.382 e. The lowest BCUT2D eigenvalue weighted by Gasteiger charge is -2.05. The minimum absolute atomic E-state index is 0. The summed E-state index contributed by atoms with van der Waals surface area (Å²) in [5, 5.41) is 8.37. The lowest BCUT2D eigenvalue weighted by molar-refractivity contribution is -0.144. The Balaban J connectivity index is 0. The molecule has 0 heterocycles. The quantitative estimate of drug-likeness (QED) is 0.345. The fourth-order valence-electron chi connectivity index (χ4n) is 0.193. The first-order chi connectivity index (χ1) is 4.33. The van der Waals surface area contributed by atoms with E-state index in [2.05, 4.69) is 4.52 Å². The number of phosphoric acid groups is 1. The molecule has 1 unspecified atom stereocenters. The highest BCUT2D eigenvalue weighted by molar-refractivity contribution is 7.46. The third kappa shape index (κ3) is 8.01. The molecule has 3 N–H and O–H groups in total. The second-order valence-electron chi connectivity index (χ2n) is 1.58. The molecule has 0 aromatic rings. The van der Waals surface area contributed by atoms with Gasteiger partial charge in [0.25, 0.3) is 0 Å². The fraction of sp³-hybridized carbons (Fsp3) is 0.667. The van der Waals surface area contributed by atoms with Gasteiger partial charge in [-0.05, 0) is 6.92 Å². The van der Waals surface area contributed by atoms with E-state index in [4.69, 9.17) is 14.9 Å². The van der Waals surface area contributed by atoms with Crippen LogP contribution in [-0.4, -0.2) is 44.3 Å². The predicted molar refractivity (Wildman–Crippen MR) is 39.8 cm³/mol. The third-order valence-corrected chi connectivity index (χ3v) is 0.968. The normalized spacial score (nSPS) is 13.1. The van der Waals surface area contributed by atoms with Crippen LogP contribution in [0, 0.1) is 0 Å². The van der Waals surface area contributed by atoms with Crippen molar-refractivity contribution in [2.75, 3.05) is 0 Å². The molecule has 0 saturated heterocycles. The average Bonchev–Trinajstić information content (AvgIpc) is 1.60. The summed E-state index contributed by atoms with van der Waals surface area (Å²) in [6, 6.07) is 0. The van der Waals surface area contributed by atoms with Gasteiger partial charge in [-0.25, -0.2) is 9.36 Å². The van der Waals surface area contributed by atoms with Crippen LogP contribution in [0.3, 0.4) is 0 Å². The van der Waals surface area contributed by atoms with E-state index in [1.165, 1.54) is 0 Å². The molecule has 0 aliphatic carbocycles. The molecule has 0 fully saturated rings. The summed E-state index contributed by atoms with van der Waals surface area (Å²) in [5.74, 6) is -1.34. The molecule has 0 bridgehead atoms. The lowest BCUT2D eigenvalue weighted by atomic mass is 10.4. The molecule has 0 saturated carbocycles. The Morgan fingerprint density at radius 1 is 1.55 bits per heavy atom. The van der Waals surface area contributed by atoms with Gasteiger partial charge in [0.1, 0.15) is 6.10 Å². The van der Waals surface area contributed by atoms with E-state index in [-0.39, 0.29) is 17.4 Å². The molecule has 11 heavy (non-hydrogen) atoms. The summed E-state index contributed by atoms with van der Waals surface area (Å²) in [6.07, 6.45) is -1.52. The molecule has 0 aromatic heterocycles. The first-order valence-corrected chi connectivity index (χ1v) is 3.83. The van der Waals surface area contributed by atoms with Gasteiger partial charge in [0.2, 0.25) is 0 Å².